The molecule has 2 N–H and O–H groups in total. The van der Waals surface area contributed by atoms with Crippen LogP contribution >= 0.6 is 0 Å². The summed E-state index contributed by atoms with van der Waals surface area (Å²) in [5.74, 6) is -1.12. The molecule has 0 aliphatic heterocycles. The van der Waals surface area contributed by atoms with Gasteiger partial charge in [0.2, 0.25) is 0 Å². The average molecular weight is 273 g/mol. The minimum absolute atomic E-state index is 0.0931. The van der Waals surface area contributed by atoms with Gasteiger partial charge in [-0.1, -0.05) is 30.3 Å². The fourth-order valence-corrected chi connectivity index (χ4v) is 1.90. The molecule has 0 spiro atoms. The van der Waals surface area contributed by atoms with E-state index in [1.807, 2.05) is 12.1 Å². The Morgan fingerprint density at radius 1 is 1.20 bits per heavy atom. The predicted octanol–water partition coefficient (Wildman–Crippen LogP) is 1.84. The number of nitrogens with one attached hydrogen (secondary N) is 1. The molecule has 5 heteroatoms. The Morgan fingerprint density at radius 2 is 1.95 bits per heavy atom. The number of esters is 1. The van der Waals surface area contributed by atoms with Gasteiger partial charge in [-0.3, -0.25) is 9.59 Å². The second-order valence-electron chi connectivity index (χ2n) is 4.17. The van der Waals surface area contributed by atoms with Crippen LogP contribution < -0.4 is 5.32 Å². The molecule has 0 saturated heterocycles. The maximum atomic E-state index is 11.9. The van der Waals surface area contributed by atoms with E-state index in [1.54, 1.807) is 25.1 Å². The van der Waals surface area contributed by atoms with Gasteiger partial charge in [0, 0.05) is 5.39 Å². The van der Waals surface area contributed by atoms with Gasteiger partial charge in [0.1, 0.15) is 12.3 Å². The Labute approximate surface area is 116 Å². The summed E-state index contributed by atoms with van der Waals surface area (Å²) < 4.78 is 4.71. The van der Waals surface area contributed by atoms with Gasteiger partial charge >= 0.3 is 5.97 Å². The predicted molar refractivity (Wildman–Crippen MR) is 74.6 cm³/mol. The van der Waals surface area contributed by atoms with Crippen molar-refractivity contribution in [2.45, 2.75) is 6.92 Å². The number of fused-ring (bicyclic) bond motifs is 1. The third-order valence-corrected chi connectivity index (χ3v) is 2.84. The first kappa shape index (κ1) is 13.9. The maximum absolute atomic E-state index is 11.9. The summed E-state index contributed by atoms with van der Waals surface area (Å²) >= 11 is 0. The van der Waals surface area contributed by atoms with Crippen LogP contribution in [0.4, 0.5) is 0 Å². The first-order valence-corrected chi connectivity index (χ1v) is 6.28. The number of aromatic hydroxyl groups is 1. The normalized spacial score (nSPS) is 10.2. The largest absolute Gasteiger partial charge is 0.506 e. The van der Waals surface area contributed by atoms with Gasteiger partial charge in [0.15, 0.2) is 0 Å². The first-order chi connectivity index (χ1) is 9.63. The highest BCUT2D eigenvalue weighted by molar-refractivity contribution is 6.04. The average Bonchev–Trinajstić information content (AvgIpc) is 2.46. The molecule has 2 aromatic rings. The lowest BCUT2D eigenvalue weighted by molar-refractivity contribution is -0.141. The number of hydrogen-bond acceptors (Lipinski definition) is 4. The van der Waals surface area contributed by atoms with Crippen LogP contribution in [0.5, 0.6) is 5.75 Å². The molecule has 0 atom stereocenters. The second-order valence-corrected chi connectivity index (χ2v) is 4.17. The smallest absolute Gasteiger partial charge is 0.325 e. The van der Waals surface area contributed by atoms with Crippen molar-refractivity contribution in [3.8, 4) is 5.75 Å². The molecule has 104 valence electrons. The molecule has 2 aromatic carbocycles. The zero-order valence-corrected chi connectivity index (χ0v) is 11.1. The number of phenols is 1. The number of amides is 1. The van der Waals surface area contributed by atoms with E-state index in [1.165, 1.54) is 6.07 Å². The van der Waals surface area contributed by atoms with Crippen LogP contribution in [0.15, 0.2) is 36.4 Å². The Bertz CT molecular complexity index is 651. The number of carbonyl (C=O) groups excluding carboxylic acids is 2. The molecule has 1 amide bonds. The van der Waals surface area contributed by atoms with Crippen molar-refractivity contribution in [3.63, 3.8) is 0 Å². The standard InChI is InChI=1S/C15H15NO4/c1-2-20-13(17)9-16-15(19)12-8-7-10-5-3-4-6-11(10)14(12)18/h3-8,18H,2,9H2,1H3,(H,16,19). The monoisotopic (exact) mass is 273 g/mol. The molecule has 0 heterocycles. The highest BCUT2D eigenvalue weighted by atomic mass is 16.5. The molecular weight excluding hydrogens is 258 g/mol. The fraction of sp³-hybridized carbons (Fsp3) is 0.200. The van der Waals surface area contributed by atoms with Crippen molar-refractivity contribution in [2.75, 3.05) is 13.2 Å². The van der Waals surface area contributed by atoms with Crippen molar-refractivity contribution in [3.05, 3.63) is 42.0 Å². The molecule has 0 unspecified atom stereocenters. The van der Waals surface area contributed by atoms with E-state index in [0.717, 1.165) is 5.39 Å². The van der Waals surface area contributed by atoms with E-state index < -0.39 is 11.9 Å². The van der Waals surface area contributed by atoms with Gasteiger partial charge in [-0.15, -0.1) is 0 Å². The SMILES string of the molecule is CCOC(=O)CNC(=O)c1ccc2ccccc2c1O. The van der Waals surface area contributed by atoms with Crippen LogP contribution in [0.2, 0.25) is 0 Å². The van der Waals surface area contributed by atoms with Crippen molar-refractivity contribution < 1.29 is 19.4 Å². The van der Waals surface area contributed by atoms with E-state index in [0.29, 0.717) is 5.39 Å². The maximum Gasteiger partial charge on any atom is 0.325 e. The van der Waals surface area contributed by atoms with Gasteiger partial charge in [0.05, 0.1) is 12.2 Å². The Kier molecular flexibility index (Phi) is 4.20. The Morgan fingerprint density at radius 3 is 2.70 bits per heavy atom. The van der Waals surface area contributed by atoms with Crippen molar-refractivity contribution in [2.24, 2.45) is 0 Å². The summed E-state index contributed by atoms with van der Waals surface area (Å²) in [6.07, 6.45) is 0. The lowest BCUT2D eigenvalue weighted by Crippen LogP contribution is -2.30. The molecule has 0 aromatic heterocycles. The third kappa shape index (κ3) is 2.88. The molecule has 0 bridgehead atoms. The van der Waals surface area contributed by atoms with Gasteiger partial charge in [0.25, 0.3) is 5.91 Å². The molecule has 20 heavy (non-hydrogen) atoms. The summed E-state index contributed by atoms with van der Waals surface area (Å²) in [6.45, 7) is 1.73. The summed E-state index contributed by atoms with van der Waals surface area (Å²) in [4.78, 5) is 23.1. The van der Waals surface area contributed by atoms with Crippen LogP contribution in [-0.4, -0.2) is 30.1 Å². The van der Waals surface area contributed by atoms with Gasteiger partial charge in [-0.05, 0) is 18.4 Å². The third-order valence-electron chi connectivity index (χ3n) is 2.84. The minimum Gasteiger partial charge on any atom is -0.506 e. The van der Waals surface area contributed by atoms with Crippen LogP contribution in [0.1, 0.15) is 17.3 Å². The molecule has 5 nitrogen and oxygen atoms in total. The quantitative estimate of drug-likeness (QED) is 0.833. The van der Waals surface area contributed by atoms with E-state index in [-0.39, 0.29) is 24.5 Å². The van der Waals surface area contributed by atoms with E-state index in [4.69, 9.17) is 4.74 Å². The summed E-state index contributed by atoms with van der Waals surface area (Å²) in [5, 5.41) is 14.0. The zero-order chi connectivity index (χ0) is 14.5. The van der Waals surface area contributed by atoms with Gasteiger partial charge in [-0.25, -0.2) is 0 Å². The Hall–Kier alpha value is -2.56. The lowest BCUT2D eigenvalue weighted by atomic mass is 10.0. The van der Waals surface area contributed by atoms with E-state index in [2.05, 4.69) is 5.32 Å². The molecule has 0 radical (unpaired) electrons. The van der Waals surface area contributed by atoms with Crippen LogP contribution in [0.3, 0.4) is 0 Å². The zero-order valence-electron chi connectivity index (χ0n) is 11.1. The van der Waals surface area contributed by atoms with Crippen molar-refractivity contribution >= 4 is 22.6 Å². The Balaban J connectivity index is 2.18. The molecule has 0 fully saturated rings. The molecular formula is C15H15NO4. The molecule has 0 saturated carbocycles. The number of ether oxygens (including phenoxy) is 1. The lowest BCUT2D eigenvalue weighted by Gasteiger charge is -2.08. The molecule has 2 rings (SSSR count). The number of rotatable bonds is 4. The van der Waals surface area contributed by atoms with E-state index >= 15 is 0 Å². The van der Waals surface area contributed by atoms with Gasteiger partial charge < -0.3 is 15.2 Å². The highest BCUT2D eigenvalue weighted by Gasteiger charge is 2.14. The summed E-state index contributed by atoms with van der Waals surface area (Å²) in [7, 11) is 0. The van der Waals surface area contributed by atoms with Crippen molar-refractivity contribution in [1.82, 2.24) is 5.32 Å². The summed E-state index contributed by atoms with van der Waals surface area (Å²) in [6, 6.07) is 10.5. The first-order valence-electron chi connectivity index (χ1n) is 6.28. The number of hydrogen-bond donors (Lipinski definition) is 2. The molecule has 0 aliphatic carbocycles. The second kappa shape index (κ2) is 6.06. The van der Waals surface area contributed by atoms with Crippen LogP contribution in [-0.2, 0) is 9.53 Å². The van der Waals surface area contributed by atoms with Crippen LogP contribution in [0.25, 0.3) is 10.8 Å². The highest BCUT2D eigenvalue weighted by Crippen LogP contribution is 2.28. The topological polar surface area (TPSA) is 75.6 Å². The minimum atomic E-state index is -0.513. The fourth-order valence-electron chi connectivity index (χ4n) is 1.90. The number of phenolic OH excluding ortho intramolecular Hbond substituents is 1. The van der Waals surface area contributed by atoms with Crippen molar-refractivity contribution in [1.29, 1.82) is 0 Å². The van der Waals surface area contributed by atoms with Crippen LogP contribution in [0, 0.1) is 0 Å². The number of benzene rings is 2. The molecule has 0 aliphatic rings. The van der Waals surface area contributed by atoms with Gasteiger partial charge in [-0.2, -0.15) is 0 Å². The van der Waals surface area contributed by atoms with E-state index in [9.17, 15) is 14.7 Å². The number of carbonyl (C=O) groups is 2. The summed E-state index contributed by atoms with van der Waals surface area (Å²) in [5.41, 5.74) is 0.132.